The van der Waals surface area contributed by atoms with Crippen molar-refractivity contribution >= 4 is 10.1 Å². The Morgan fingerprint density at radius 3 is 1.39 bits per heavy atom. The van der Waals surface area contributed by atoms with Crippen molar-refractivity contribution in [2.24, 2.45) is 0 Å². The van der Waals surface area contributed by atoms with E-state index in [-0.39, 0.29) is 19.3 Å². The van der Waals surface area contributed by atoms with E-state index in [9.17, 15) is 96.2 Å². The van der Waals surface area contributed by atoms with Gasteiger partial charge in [0.1, 0.15) is 0 Å². The van der Waals surface area contributed by atoms with E-state index in [1.807, 2.05) is 0 Å². The van der Waals surface area contributed by atoms with Gasteiger partial charge in [0.05, 0.1) is 0 Å². The molecule has 0 fully saturated rings. The lowest BCUT2D eigenvalue weighted by Gasteiger charge is -2.42. The zero-order valence-corrected chi connectivity index (χ0v) is 19.5. The van der Waals surface area contributed by atoms with Gasteiger partial charge in [0, 0.05) is 12.4 Å². The third-order valence-electron chi connectivity index (χ3n) is 4.70. The summed E-state index contributed by atoms with van der Waals surface area (Å²) in [5.41, 5.74) is -5.65. The lowest BCUT2D eigenvalue weighted by molar-refractivity contribution is -0.434. The number of hydrogen-bond acceptors (Lipinski definition) is 3. The summed E-state index contributed by atoms with van der Waals surface area (Å²) in [7, 11) is -5.98. The Kier molecular flexibility index (Phi) is 10.5. The molecule has 1 unspecified atom stereocenters. The van der Waals surface area contributed by atoms with Crippen LogP contribution < -0.4 is 0 Å². The van der Waals surface area contributed by atoms with Crippen LogP contribution >= 0.6 is 0 Å². The number of alkyl halides is 20. The minimum Gasteiger partial charge on any atom is -0.281 e. The van der Waals surface area contributed by atoms with Crippen molar-refractivity contribution in [1.29, 1.82) is 0 Å². The highest BCUT2D eigenvalue weighted by Crippen LogP contribution is 2.62. The van der Waals surface area contributed by atoms with Crippen LogP contribution in [-0.2, 0) is 21.8 Å². The molecule has 1 aromatic heterocycles. The third kappa shape index (κ3) is 6.11. The smallest absolute Gasteiger partial charge is 0.281 e. The Morgan fingerprint density at radius 2 is 1.12 bits per heavy atom. The van der Waals surface area contributed by atoms with Crippen LogP contribution in [0.2, 0.25) is 0 Å². The zero-order valence-electron chi connectivity index (χ0n) is 18.6. The van der Waals surface area contributed by atoms with Crippen LogP contribution in [0.15, 0.2) is 12.4 Å². The number of rotatable bonds is 10. The molecule has 244 valence electrons. The molecule has 0 spiro atoms. The van der Waals surface area contributed by atoms with Crippen LogP contribution in [0.5, 0.6) is 0 Å². The van der Waals surface area contributed by atoms with Gasteiger partial charge < -0.3 is 0 Å². The number of nitrogens with zero attached hydrogens (tertiary/aromatic N) is 2. The highest BCUT2D eigenvalue weighted by atomic mass is 32.2. The minimum absolute atomic E-state index is 0.0730. The second-order valence-electron chi connectivity index (χ2n) is 7.30. The van der Waals surface area contributed by atoms with E-state index in [4.69, 9.17) is 4.55 Å². The average Bonchev–Trinajstić information content (AvgIpc) is 3.28. The van der Waals surface area contributed by atoms with Crippen molar-refractivity contribution in [3.8, 4) is 0 Å². The fourth-order valence-electron chi connectivity index (χ4n) is 2.40. The maximum atomic E-state index is 14.9. The van der Waals surface area contributed by atoms with E-state index >= 15 is 0 Å². The van der Waals surface area contributed by atoms with Gasteiger partial charge in [-0.3, -0.25) is 9.12 Å². The van der Waals surface area contributed by atoms with E-state index in [1.165, 1.54) is 0 Å². The fourth-order valence-corrected chi connectivity index (χ4v) is 2.62. The lowest BCUT2D eigenvalue weighted by Crippen LogP contribution is -2.70. The first-order valence-electron chi connectivity index (χ1n) is 9.28. The summed E-state index contributed by atoms with van der Waals surface area (Å²) in [4.78, 5) is 2.39. The standard InChI is InChI=1S/C13H8F16N2.C2H2F4O3S/c1-2-7(16,6-30-3-4-31(6)8(17,18)5(14)15)9(19,20)10(21,22)11(23,24)12(25,26)13(27,28)29;3-1(4)2(5,6)10(7,8)9/h3-5H,2H2,1H3;1H,(H,7,8,9). The molecule has 0 amide bonds. The number of aromatic nitrogens is 2. The predicted molar refractivity (Wildman–Crippen MR) is 89.8 cm³/mol. The van der Waals surface area contributed by atoms with Crippen LogP contribution in [0.4, 0.5) is 87.8 Å². The van der Waals surface area contributed by atoms with Gasteiger partial charge in [0.2, 0.25) is 5.67 Å². The summed E-state index contributed by atoms with van der Waals surface area (Å²) in [6, 6.07) is -5.65. The summed E-state index contributed by atoms with van der Waals surface area (Å²) in [6.07, 6.45) is -19.6. The van der Waals surface area contributed by atoms with E-state index in [0.29, 0.717) is 0 Å². The maximum Gasteiger partial charge on any atom is 0.460 e. The molecule has 0 bridgehead atoms. The van der Waals surface area contributed by atoms with Crippen molar-refractivity contribution < 1.29 is 101 Å². The van der Waals surface area contributed by atoms with Gasteiger partial charge in [0.15, 0.2) is 5.82 Å². The molecule has 0 aliphatic carbocycles. The molecule has 1 aromatic rings. The van der Waals surface area contributed by atoms with Gasteiger partial charge in [-0.25, -0.2) is 26.9 Å². The second-order valence-corrected chi connectivity index (χ2v) is 8.79. The highest BCUT2D eigenvalue weighted by Gasteiger charge is 2.90. The topological polar surface area (TPSA) is 72.2 Å². The first kappa shape index (κ1) is 38.7. The Balaban J connectivity index is 0.00000136. The largest absolute Gasteiger partial charge is 0.460 e. The summed E-state index contributed by atoms with van der Waals surface area (Å²) < 4.78 is 281. The summed E-state index contributed by atoms with van der Waals surface area (Å²) in [6.45, 7) is 0.0730. The first-order valence-corrected chi connectivity index (χ1v) is 10.7. The first-order chi connectivity index (χ1) is 17.7. The summed E-state index contributed by atoms with van der Waals surface area (Å²) in [5.74, 6) is -33.9. The quantitative estimate of drug-likeness (QED) is 0.212. The van der Waals surface area contributed by atoms with Crippen molar-refractivity contribution in [1.82, 2.24) is 9.55 Å². The molecule has 0 radical (unpaired) electrons. The monoisotopic (exact) mass is 678 g/mol. The van der Waals surface area contributed by atoms with Crippen molar-refractivity contribution in [2.75, 3.05) is 0 Å². The molecular formula is C15H10F20N2O3S. The van der Waals surface area contributed by atoms with E-state index < -0.39 is 86.6 Å². The Labute approximate surface area is 212 Å². The van der Waals surface area contributed by atoms with Crippen LogP contribution in [0, 0.1) is 0 Å². The molecule has 0 aliphatic heterocycles. The van der Waals surface area contributed by atoms with Gasteiger partial charge in [0.25, 0.3) is 0 Å². The molecule has 5 nitrogen and oxygen atoms in total. The molecule has 0 aliphatic rings. The average molecular weight is 678 g/mol. The maximum absolute atomic E-state index is 14.9. The number of imidazole rings is 1. The van der Waals surface area contributed by atoms with Crippen molar-refractivity contribution in [3.63, 3.8) is 0 Å². The molecule has 0 aromatic carbocycles. The molecular weight excluding hydrogens is 668 g/mol. The van der Waals surface area contributed by atoms with Gasteiger partial charge in [-0.1, -0.05) is 6.92 Å². The normalized spacial score (nSPS) is 16.5. The van der Waals surface area contributed by atoms with Crippen LogP contribution in [0.1, 0.15) is 19.2 Å². The van der Waals surface area contributed by atoms with Crippen LogP contribution in [0.25, 0.3) is 0 Å². The summed E-state index contributed by atoms with van der Waals surface area (Å²) >= 11 is 0. The number of hydrogen-bond donors (Lipinski definition) is 1. The molecule has 26 heteroatoms. The molecule has 1 atom stereocenters. The second kappa shape index (κ2) is 11.1. The highest BCUT2D eigenvalue weighted by molar-refractivity contribution is 7.86. The van der Waals surface area contributed by atoms with E-state index in [2.05, 4.69) is 4.98 Å². The number of halogens is 20. The molecule has 1 N–H and O–H groups in total. The van der Waals surface area contributed by atoms with Gasteiger partial charge >= 0.3 is 64.1 Å². The third-order valence-corrected chi connectivity index (χ3v) is 5.57. The van der Waals surface area contributed by atoms with Crippen molar-refractivity contribution in [2.45, 2.75) is 73.0 Å². The summed E-state index contributed by atoms with van der Waals surface area (Å²) in [5, 5.41) is -5.37. The molecule has 0 saturated heterocycles. The van der Waals surface area contributed by atoms with Crippen LogP contribution in [0.3, 0.4) is 0 Å². The SMILES string of the molecule is CCC(F)(c1nccn1C(F)(F)C(F)F)C(F)(F)C(F)(F)C(F)(F)C(F)(F)C(F)(F)F.O=S(=O)(O)C(F)(F)C(F)F. The zero-order chi connectivity index (χ0) is 33.6. The Hall–Kier alpha value is -2.28. The van der Waals surface area contributed by atoms with Crippen LogP contribution in [-0.4, -0.2) is 70.5 Å². The predicted octanol–water partition coefficient (Wildman–Crippen LogP) is 7.11. The van der Waals surface area contributed by atoms with E-state index in [0.717, 1.165) is 0 Å². The molecule has 0 saturated carbocycles. The van der Waals surface area contributed by atoms with E-state index in [1.54, 1.807) is 0 Å². The lowest BCUT2D eigenvalue weighted by atomic mass is 9.84. The van der Waals surface area contributed by atoms with Gasteiger partial charge in [-0.15, -0.1) is 0 Å². The van der Waals surface area contributed by atoms with Crippen molar-refractivity contribution in [3.05, 3.63) is 18.2 Å². The van der Waals surface area contributed by atoms with Gasteiger partial charge in [-0.2, -0.15) is 74.3 Å². The molecule has 41 heavy (non-hydrogen) atoms. The molecule has 1 heterocycles. The fraction of sp³-hybridized carbons (Fsp3) is 0.800. The minimum atomic E-state index is -8.03. The van der Waals surface area contributed by atoms with Gasteiger partial charge in [-0.05, 0) is 6.42 Å². The Bertz CT molecular complexity index is 1140. The Morgan fingerprint density at radius 1 is 0.732 bits per heavy atom. The molecule has 1 rings (SSSR count).